The fourth-order valence-electron chi connectivity index (χ4n) is 2.91. The van der Waals surface area contributed by atoms with Gasteiger partial charge in [0.05, 0.1) is 21.3 Å². The molecule has 0 saturated heterocycles. The Balaban J connectivity index is 2.26. The number of rotatable bonds is 5. The van der Waals surface area contributed by atoms with Gasteiger partial charge in [-0.1, -0.05) is 30.3 Å². The molecule has 0 atom stereocenters. The molecule has 0 amide bonds. The van der Waals surface area contributed by atoms with Gasteiger partial charge in [0, 0.05) is 16.8 Å². The molecular formula is C21H18N2O4. The number of methoxy groups -OCH3 is 3. The second-order valence-electron chi connectivity index (χ2n) is 5.69. The van der Waals surface area contributed by atoms with Gasteiger partial charge in [-0.3, -0.25) is 4.79 Å². The molecular weight excluding hydrogens is 344 g/mol. The molecule has 0 aliphatic carbocycles. The summed E-state index contributed by atoms with van der Waals surface area (Å²) in [5.41, 5.74) is 2.17. The Morgan fingerprint density at radius 3 is 2.04 bits per heavy atom. The molecule has 3 aromatic rings. The SMILES string of the molecule is COc1cc(-c2cc(-c3ccccc3)c(C#N)c(=O)[nH]2)cc(OC)c1OC. The smallest absolute Gasteiger partial charge is 0.266 e. The Hall–Kier alpha value is -3.72. The van der Waals surface area contributed by atoms with Crippen molar-refractivity contribution in [1.82, 2.24) is 4.98 Å². The standard InChI is InChI=1S/C21H18N2O4/c1-25-18-9-14(10-19(26-2)20(18)27-3)17-11-15(13-7-5-4-6-8-13)16(12-22)21(24)23-17/h4-11H,1-3H3,(H,23,24). The first-order valence-electron chi connectivity index (χ1n) is 8.16. The summed E-state index contributed by atoms with van der Waals surface area (Å²) in [4.78, 5) is 15.3. The summed E-state index contributed by atoms with van der Waals surface area (Å²) in [5, 5.41) is 9.43. The van der Waals surface area contributed by atoms with E-state index in [-0.39, 0.29) is 5.56 Å². The monoisotopic (exact) mass is 362 g/mol. The fraction of sp³-hybridized carbons (Fsp3) is 0.143. The Morgan fingerprint density at radius 1 is 0.889 bits per heavy atom. The van der Waals surface area contributed by atoms with E-state index >= 15 is 0 Å². The molecule has 0 radical (unpaired) electrons. The normalized spacial score (nSPS) is 10.1. The molecule has 1 aromatic heterocycles. The molecule has 0 aliphatic heterocycles. The highest BCUT2D eigenvalue weighted by Gasteiger charge is 2.17. The van der Waals surface area contributed by atoms with E-state index in [1.807, 2.05) is 36.4 Å². The molecule has 0 saturated carbocycles. The number of nitrogens with one attached hydrogen (secondary N) is 1. The Morgan fingerprint density at radius 2 is 1.52 bits per heavy atom. The van der Waals surface area contributed by atoms with Gasteiger partial charge in [-0.15, -0.1) is 0 Å². The zero-order chi connectivity index (χ0) is 19.4. The molecule has 6 heteroatoms. The van der Waals surface area contributed by atoms with Crippen molar-refractivity contribution in [3.05, 3.63) is 64.4 Å². The Labute approximate surface area is 156 Å². The van der Waals surface area contributed by atoms with Crippen molar-refractivity contribution in [3.8, 4) is 45.7 Å². The van der Waals surface area contributed by atoms with Crippen LogP contribution in [0.4, 0.5) is 0 Å². The third kappa shape index (κ3) is 3.35. The summed E-state index contributed by atoms with van der Waals surface area (Å²) in [7, 11) is 4.58. The fourth-order valence-corrected chi connectivity index (χ4v) is 2.91. The second kappa shape index (κ2) is 7.67. The minimum Gasteiger partial charge on any atom is -0.493 e. The highest BCUT2D eigenvalue weighted by molar-refractivity contribution is 5.77. The Bertz CT molecular complexity index is 1040. The van der Waals surface area contributed by atoms with Crippen molar-refractivity contribution in [2.45, 2.75) is 0 Å². The van der Waals surface area contributed by atoms with Gasteiger partial charge >= 0.3 is 0 Å². The molecule has 2 aromatic carbocycles. The van der Waals surface area contributed by atoms with E-state index < -0.39 is 5.56 Å². The summed E-state index contributed by atoms with van der Waals surface area (Å²) in [6.07, 6.45) is 0. The number of hydrogen-bond acceptors (Lipinski definition) is 5. The lowest BCUT2D eigenvalue weighted by molar-refractivity contribution is 0.324. The maximum absolute atomic E-state index is 12.5. The third-order valence-electron chi connectivity index (χ3n) is 4.21. The van der Waals surface area contributed by atoms with Crippen LogP contribution in [0.5, 0.6) is 17.2 Å². The highest BCUT2D eigenvalue weighted by Crippen LogP contribution is 2.41. The lowest BCUT2D eigenvalue weighted by Gasteiger charge is -2.15. The summed E-state index contributed by atoms with van der Waals surface area (Å²) < 4.78 is 16.1. The summed E-state index contributed by atoms with van der Waals surface area (Å²) in [6, 6.07) is 16.6. The first kappa shape index (κ1) is 18.1. The van der Waals surface area contributed by atoms with Crippen LogP contribution in [0.25, 0.3) is 22.4 Å². The van der Waals surface area contributed by atoms with Crippen LogP contribution < -0.4 is 19.8 Å². The molecule has 1 heterocycles. The van der Waals surface area contributed by atoms with Gasteiger partial charge in [0.1, 0.15) is 11.6 Å². The van der Waals surface area contributed by atoms with Crippen molar-refractivity contribution >= 4 is 0 Å². The second-order valence-corrected chi connectivity index (χ2v) is 5.69. The van der Waals surface area contributed by atoms with Crippen LogP contribution in [0.3, 0.4) is 0 Å². The summed E-state index contributed by atoms with van der Waals surface area (Å²) >= 11 is 0. The number of nitriles is 1. The molecule has 136 valence electrons. The predicted molar refractivity (Wildman–Crippen MR) is 102 cm³/mol. The van der Waals surface area contributed by atoms with E-state index in [9.17, 15) is 10.1 Å². The van der Waals surface area contributed by atoms with Crippen LogP contribution in [0, 0.1) is 11.3 Å². The number of pyridine rings is 1. The number of H-pyrrole nitrogens is 1. The van der Waals surface area contributed by atoms with Gasteiger partial charge in [-0.2, -0.15) is 5.26 Å². The third-order valence-corrected chi connectivity index (χ3v) is 4.21. The average molecular weight is 362 g/mol. The molecule has 0 spiro atoms. The lowest BCUT2D eigenvalue weighted by atomic mass is 9.99. The van der Waals surface area contributed by atoms with Crippen LogP contribution in [-0.2, 0) is 0 Å². The van der Waals surface area contributed by atoms with E-state index in [0.717, 1.165) is 5.56 Å². The van der Waals surface area contributed by atoms with Gasteiger partial charge < -0.3 is 19.2 Å². The number of aromatic amines is 1. The molecule has 1 N–H and O–H groups in total. The number of benzene rings is 2. The average Bonchev–Trinajstić information content (AvgIpc) is 2.72. The Kier molecular flexibility index (Phi) is 5.13. The van der Waals surface area contributed by atoms with E-state index in [1.165, 1.54) is 21.3 Å². The van der Waals surface area contributed by atoms with E-state index in [1.54, 1.807) is 18.2 Å². The first-order chi connectivity index (χ1) is 13.1. The maximum atomic E-state index is 12.5. The van der Waals surface area contributed by atoms with E-state index in [0.29, 0.717) is 34.1 Å². The van der Waals surface area contributed by atoms with Crippen LogP contribution >= 0.6 is 0 Å². The molecule has 3 rings (SSSR count). The van der Waals surface area contributed by atoms with Crippen molar-refractivity contribution < 1.29 is 14.2 Å². The highest BCUT2D eigenvalue weighted by atomic mass is 16.5. The van der Waals surface area contributed by atoms with Crippen LogP contribution in [0.2, 0.25) is 0 Å². The van der Waals surface area contributed by atoms with E-state index in [4.69, 9.17) is 14.2 Å². The molecule has 6 nitrogen and oxygen atoms in total. The summed E-state index contributed by atoms with van der Waals surface area (Å²) in [6.45, 7) is 0. The van der Waals surface area contributed by atoms with Crippen molar-refractivity contribution in [2.75, 3.05) is 21.3 Å². The van der Waals surface area contributed by atoms with Crippen LogP contribution in [0.1, 0.15) is 5.56 Å². The summed E-state index contributed by atoms with van der Waals surface area (Å²) in [5.74, 6) is 1.40. The lowest BCUT2D eigenvalue weighted by Crippen LogP contribution is -2.12. The topological polar surface area (TPSA) is 84.3 Å². The molecule has 0 bridgehead atoms. The quantitative estimate of drug-likeness (QED) is 0.749. The predicted octanol–water partition coefficient (Wildman–Crippen LogP) is 3.61. The van der Waals surface area contributed by atoms with Gasteiger partial charge in [0.25, 0.3) is 5.56 Å². The van der Waals surface area contributed by atoms with Gasteiger partial charge in [0.15, 0.2) is 11.5 Å². The number of ether oxygens (including phenoxy) is 3. The van der Waals surface area contributed by atoms with Crippen molar-refractivity contribution in [1.29, 1.82) is 5.26 Å². The number of aromatic nitrogens is 1. The van der Waals surface area contributed by atoms with Crippen molar-refractivity contribution in [2.24, 2.45) is 0 Å². The molecule has 0 unspecified atom stereocenters. The molecule has 0 fully saturated rings. The largest absolute Gasteiger partial charge is 0.493 e. The zero-order valence-corrected chi connectivity index (χ0v) is 15.2. The minimum atomic E-state index is -0.456. The van der Waals surface area contributed by atoms with E-state index in [2.05, 4.69) is 4.98 Å². The van der Waals surface area contributed by atoms with Gasteiger partial charge in [-0.25, -0.2) is 0 Å². The van der Waals surface area contributed by atoms with Crippen molar-refractivity contribution in [3.63, 3.8) is 0 Å². The minimum absolute atomic E-state index is 0.0670. The zero-order valence-electron chi connectivity index (χ0n) is 15.2. The van der Waals surface area contributed by atoms with Crippen LogP contribution in [0.15, 0.2) is 53.3 Å². The van der Waals surface area contributed by atoms with Crippen LogP contribution in [-0.4, -0.2) is 26.3 Å². The van der Waals surface area contributed by atoms with Gasteiger partial charge in [0.2, 0.25) is 5.75 Å². The molecule has 27 heavy (non-hydrogen) atoms. The molecule has 0 aliphatic rings. The number of hydrogen-bond donors (Lipinski definition) is 1. The first-order valence-corrected chi connectivity index (χ1v) is 8.16. The maximum Gasteiger partial charge on any atom is 0.266 e. The number of nitrogens with zero attached hydrogens (tertiary/aromatic N) is 1. The van der Waals surface area contributed by atoms with Gasteiger partial charge in [-0.05, 0) is 23.8 Å².